The maximum Gasteiger partial charge on any atom is 0.224 e. The van der Waals surface area contributed by atoms with Crippen LogP contribution < -0.4 is 0 Å². The number of hydrogen-bond donors (Lipinski definition) is 0. The molecule has 3 aromatic rings. The highest BCUT2D eigenvalue weighted by Crippen LogP contribution is 2.13. The average molecular weight is 263 g/mol. The summed E-state index contributed by atoms with van der Waals surface area (Å²) in [5.74, 6) is -0.250. The molecule has 0 N–H and O–H groups in total. The zero-order valence-corrected chi connectivity index (χ0v) is 9.97. The molecule has 0 saturated heterocycles. The molecule has 0 fully saturated rings. The summed E-state index contributed by atoms with van der Waals surface area (Å²) in [6.45, 7) is 0.560. The van der Waals surface area contributed by atoms with Crippen LogP contribution in [0.5, 0.6) is 0 Å². The summed E-state index contributed by atoms with van der Waals surface area (Å²) >= 11 is 5.76. The third-order valence-electron chi connectivity index (χ3n) is 2.60. The van der Waals surface area contributed by atoms with Crippen molar-refractivity contribution in [3.8, 4) is 0 Å². The van der Waals surface area contributed by atoms with E-state index in [1.54, 1.807) is 24.7 Å². The van der Waals surface area contributed by atoms with Gasteiger partial charge < -0.3 is 4.57 Å². The minimum Gasteiger partial charge on any atom is -0.311 e. The van der Waals surface area contributed by atoms with Gasteiger partial charge in [0.05, 0.1) is 19.1 Å². The summed E-state index contributed by atoms with van der Waals surface area (Å²) in [4.78, 5) is 12.2. The van der Waals surface area contributed by atoms with Gasteiger partial charge in [-0.05, 0) is 29.3 Å². The van der Waals surface area contributed by atoms with Crippen molar-refractivity contribution in [3.05, 3.63) is 53.5 Å². The first-order chi connectivity index (χ1) is 8.72. The number of hydrogen-bond acceptors (Lipinski definition) is 3. The standard InChI is InChI=1S/C12H8ClFN4/c13-12-15-5-10-11(17-12)18(7-16-10)6-8-1-3-9(14)4-2-8/h1-5,7H,6H2. The van der Waals surface area contributed by atoms with E-state index in [2.05, 4.69) is 15.0 Å². The van der Waals surface area contributed by atoms with Gasteiger partial charge in [-0.15, -0.1) is 0 Å². The van der Waals surface area contributed by atoms with Crippen LogP contribution in [0.2, 0.25) is 5.28 Å². The molecule has 0 unspecified atom stereocenters. The molecule has 0 amide bonds. The van der Waals surface area contributed by atoms with Gasteiger partial charge in [0.15, 0.2) is 5.65 Å². The summed E-state index contributed by atoms with van der Waals surface area (Å²) < 4.78 is 14.7. The number of imidazole rings is 1. The van der Waals surface area contributed by atoms with E-state index in [0.717, 1.165) is 5.56 Å². The van der Waals surface area contributed by atoms with Gasteiger partial charge in [-0.25, -0.2) is 14.4 Å². The summed E-state index contributed by atoms with van der Waals surface area (Å²) in [7, 11) is 0. The predicted octanol–water partition coefficient (Wildman–Crippen LogP) is 2.67. The molecule has 18 heavy (non-hydrogen) atoms. The van der Waals surface area contributed by atoms with Crippen molar-refractivity contribution in [2.75, 3.05) is 0 Å². The van der Waals surface area contributed by atoms with Crippen molar-refractivity contribution in [2.45, 2.75) is 6.54 Å². The highest BCUT2D eigenvalue weighted by atomic mass is 35.5. The maximum absolute atomic E-state index is 12.8. The average Bonchev–Trinajstić information content (AvgIpc) is 2.75. The second-order valence-corrected chi connectivity index (χ2v) is 4.18. The maximum atomic E-state index is 12.8. The Morgan fingerprint density at radius 1 is 1.17 bits per heavy atom. The second-order valence-electron chi connectivity index (χ2n) is 3.85. The van der Waals surface area contributed by atoms with Crippen molar-refractivity contribution in [3.63, 3.8) is 0 Å². The zero-order valence-electron chi connectivity index (χ0n) is 9.22. The molecule has 6 heteroatoms. The molecule has 0 radical (unpaired) electrons. The molecule has 0 aliphatic heterocycles. The molecule has 0 saturated carbocycles. The number of fused-ring (bicyclic) bond motifs is 1. The molecule has 0 atom stereocenters. The highest BCUT2D eigenvalue weighted by molar-refractivity contribution is 6.28. The molecule has 2 heterocycles. The lowest BCUT2D eigenvalue weighted by Gasteiger charge is -2.03. The number of nitrogens with zero attached hydrogens (tertiary/aromatic N) is 4. The van der Waals surface area contributed by atoms with Gasteiger partial charge in [0.2, 0.25) is 5.28 Å². The molecule has 0 spiro atoms. The van der Waals surface area contributed by atoms with Crippen LogP contribution in [-0.2, 0) is 6.54 Å². The molecule has 0 bridgehead atoms. The van der Waals surface area contributed by atoms with Crippen molar-refractivity contribution in [1.82, 2.24) is 19.5 Å². The van der Waals surface area contributed by atoms with E-state index in [1.807, 2.05) is 4.57 Å². The Morgan fingerprint density at radius 3 is 2.72 bits per heavy atom. The fourth-order valence-corrected chi connectivity index (χ4v) is 1.87. The minimum absolute atomic E-state index is 0.184. The van der Waals surface area contributed by atoms with E-state index in [-0.39, 0.29) is 11.1 Å². The second kappa shape index (κ2) is 4.34. The summed E-state index contributed by atoms with van der Waals surface area (Å²) in [5.41, 5.74) is 2.31. The van der Waals surface area contributed by atoms with E-state index in [9.17, 15) is 4.39 Å². The lowest BCUT2D eigenvalue weighted by molar-refractivity contribution is 0.626. The zero-order chi connectivity index (χ0) is 12.5. The van der Waals surface area contributed by atoms with E-state index in [1.165, 1.54) is 12.1 Å². The smallest absolute Gasteiger partial charge is 0.224 e. The van der Waals surface area contributed by atoms with Crippen molar-refractivity contribution < 1.29 is 4.39 Å². The highest BCUT2D eigenvalue weighted by Gasteiger charge is 2.06. The van der Waals surface area contributed by atoms with Gasteiger partial charge in [-0.3, -0.25) is 0 Å². The Balaban J connectivity index is 1.99. The van der Waals surface area contributed by atoms with Gasteiger partial charge in [0.25, 0.3) is 0 Å². The Kier molecular flexibility index (Phi) is 2.68. The predicted molar refractivity (Wildman–Crippen MR) is 65.8 cm³/mol. The first kappa shape index (κ1) is 11.1. The Morgan fingerprint density at radius 2 is 1.94 bits per heavy atom. The van der Waals surface area contributed by atoms with E-state index in [0.29, 0.717) is 17.7 Å². The molecule has 4 nitrogen and oxygen atoms in total. The number of benzene rings is 1. The lowest BCUT2D eigenvalue weighted by atomic mass is 10.2. The van der Waals surface area contributed by atoms with E-state index >= 15 is 0 Å². The third-order valence-corrected chi connectivity index (χ3v) is 2.78. The molecule has 3 rings (SSSR count). The van der Waals surface area contributed by atoms with Crippen LogP contribution in [-0.4, -0.2) is 19.5 Å². The van der Waals surface area contributed by atoms with Gasteiger partial charge in [-0.1, -0.05) is 12.1 Å². The first-order valence-corrected chi connectivity index (χ1v) is 5.68. The topological polar surface area (TPSA) is 43.6 Å². The third kappa shape index (κ3) is 2.04. The monoisotopic (exact) mass is 262 g/mol. The van der Waals surface area contributed by atoms with E-state index < -0.39 is 0 Å². The Hall–Kier alpha value is -2.01. The quantitative estimate of drug-likeness (QED) is 0.667. The van der Waals surface area contributed by atoms with Gasteiger partial charge in [0.1, 0.15) is 11.3 Å². The summed E-state index contributed by atoms with van der Waals surface area (Å²) in [5, 5.41) is 0.184. The van der Waals surface area contributed by atoms with Crippen LogP contribution in [0.3, 0.4) is 0 Å². The Bertz CT molecular complexity index is 693. The summed E-state index contributed by atoms with van der Waals surface area (Å²) in [6.07, 6.45) is 3.24. The molecule has 0 aliphatic rings. The fourth-order valence-electron chi connectivity index (χ4n) is 1.74. The number of halogens is 2. The van der Waals surface area contributed by atoms with Crippen LogP contribution >= 0.6 is 11.6 Å². The lowest BCUT2D eigenvalue weighted by Crippen LogP contribution is -1.99. The molecule has 0 aliphatic carbocycles. The van der Waals surface area contributed by atoms with Gasteiger partial charge in [-0.2, -0.15) is 4.98 Å². The normalized spacial score (nSPS) is 11.0. The molecule has 90 valence electrons. The van der Waals surface area contributed by atoms with Crippen molar-refractivity contribution in [2.24, 2.45) is 0 Å². The number of rotatable bonds is 2. The SMILES string of the molecule is Fc1ccc(Cn2cnc3cnc(Cl)nc32)cc1. The molecular weight excluding hydrogens is 255 g/mol. The molecule has 2 aromatic heterocycles. The van der Waals surface area contributed by atoms with Gasteiger partial charge >= 0.3 is 0 Å². The molecular formula is C12H8ClFN4. The van der Waals surface area contributed by atoms with Crippen molar-refractivity contribution >= 4 is 22.8 Å². The van der Waals surface area contributed by atoms with Crippen LogP contribution in [0, 0.1) is 5.82 Å². The van der Waals surface area contributed by atoms with Gasteiger partial charge in [0, 0.05) is 0 Å². The first-order valence-electron chi connectivity index (χ1n) is 5.30. The van der Waals surface area contributed by atoms with E-state index in [4.69, 9.17) is 11.6 Å². The summed E-state index contributed by atoms with van der Waals surface area (Å²) in [6, 6.07) is 6.31. The van der Waals surface area contributed by atoms with Crippen LogP contribution in [0.1, 0.15) is 5.56 Å². The molecule has 1 aromatic carbocycles. The van der Waals surface area contributed by atoms with Crippen LogP contribution in [0.15, 0.2) is 36.8 Å². The minimum atomic E-state index is -0.250. The largest absolute Gasteiger partial charge is 0.311 e. The Labute approximate surface area is 107 Å². The van der Waals surface area contributed by atoms with Crippen molar-refractivity contribution in [1.29, 1.82) is 0 Å². The van der Waals surface area contributed by atoms with Crippen LogP contribution in [0.4, 0.5) is 4.39 Å². The fraction of sp³-hybridized carbons (Fsp3) is 0.0833. The number of aromatic nitrogens is 4. The van der Waals surface area contributed by atoms with Crippen LogP contribution in [0.25, 0.3) is 11.2 Å².